The topological polar surface area (TPSA) is 118 Å². The van der Waals surface area contributed by atoms with Crippen LogP contribution < -0.4 is 20.3 Å². The van der Waals surface area contributed by atoms with Crippen molar-refractivity contribution >= 4 is 23.3 Å². The monoisotopic (exact) mass is 447 g/mol. The van der Waals surface area contributed by atoms with Gasteiger partial charge < -0.3 is 25.2 Å². The van der Waals surface area contributed by atoms with E-state index >= 15 is 0 Å². The zero-order chi connectivity index (χ0) is 23.2. The molecule has 0 bridgehead atoms. The highest BCUT2D eigenvalue weighted by Crippen LogP contribution is 2.23. The first-order valence-electron chi connectivity index (χ1n) is 11.0. The number of likely N-dealkylation sites (N-methyl/N-ethyl adjacent to an activating group) is 1. The third-order valence-corrected chi connectivity index (χ3v) is 5.50. The number of aryl methyl sites for hydroxylation is 2. The summed E-state index contributed by atoms with van der Waals surface area (Å²) in [6.45, 7) is 8.77. The average molecular weight is 448 g/mol. The molecular weight excluding hydrogens is 418 g/mol. The molecule has 3 N–H and O–H groups in total. The molecule has 4 rings (SSSR count). The Morgan fingerprint density at radius 1 is 1.15 bits per heavy atom. The van der Waals surface area contributed by atoms with Gasteiger partial charge in [0.05, 0.1) is 18.3 Å². The third kappa shape index (κ3) is 5.70. The van der Waals surface area contributed by atoms with E-state index in [1.54, 1.807) is 6.20 Å². The maximum Gasteiger partial charge on any atom is 0.153 e. The first kappa shape index (κ1) is 22.4. The van der Waals surface area contributed by atoms with Crippen molar-refractivity contribution in [1.29, 1.82) is 5.26 Å². The number of anilines is 4. The summed E-state index contributed by atoms with van der Waals surface area (Å²) in [5.41, 5.74) is 2.29. The van der Waals surface area contributed by atoms with Gasteiger partial charge in [-0.15, -0.1) is 0 Å². The van der Waals surface area contributed by atoms with Crippen LogP contribution in [0.1, 0.15) is 16.8 Å². The van der Waals surface area contributed by atoms with Crippen molar-refractivity contribution in [1.82, 2.24) is 25.1 Å². The number of nitrogens with zero attached hydrogens (tertiary/aromatic N) is 6. The maximum atomic E-state index is 9.55. The summed E-state index contributed by atoms with van der Waals surface area (Å²) in [7, 11) is 2.14. The van der Waals surface area contributed by atoms with Crippen molar-refractivity contribution in [3.8, 4) is 11.8 Å². The number of H-pyrrole nitrogens is 1. The molecule has 0 aromatic carbocycles. The first-order chi connectivity index (χ1) is 16.0. The second-order valence-corrected chi connectivity index (χ2v) is 8.14. The number of aromatic nitrogens is 4. The lowest BCUT2D eigenvalue weighted by Gasteiger charge is -2.33. The number of ether oxygens (including phenoxy) is 1. The molecule has 172 valence electrons. The molecule has 0 amide bonds. The maximum absolute atomic E-state index is 9.55. The number of hydrogen-bond donors (Lipinski definition) is 3. The van der Waals surface area contributed by atoms with Crippen molar-refractivity contribution in [2.45, 2.75) is 13.8 Å². The van der Waals surface area contributed by atoms with Gasteiger partial charge in [0.1, 0.15) is 35.9 Å². The number of rotatable bonds is 8. The first-order valence-corrected chi connectivity index (χ1v) is 11.0. The van der Waals surface area contributed by atoms with E-state index in [1.165, 1.54) is 0 Å². The third-order valence-electron chi connectivity index (χ3n) is 5.50. The fraction of sp³-hybridized carbons (Fsp3) is 0.391. The van der Waals surface area contributed by atoms with E-state index in [9.17, 15) is 5.26 Å². The van der Waals surface area contributed by atoms with Gasteiger partial charge in [-0.3, -0.25) is 5.10 Å². The van der Waals surface area contributed by atoms with Crippen molar-refractivity contribution in [2.75, 3.05) is 61.9 Å². The highest BCUT2D eigenvalue weighted by molar-refractivity contribution is 5.63. The van der Waals surface area contributed by atoms with Gasteiger partial charge in [-0.05, 0) is 44.7 Å². The van der Waals surface area contributed by atoms with Crippen LogP contribution in [0.2, 0.25) is 0 Å². The van der Waals surface area contributed by atoms with Crippen LogP contribution in [0.4, 0.5) is 23.3 Å². The van der Waals surface area contributed by atoms with Gasteiger partial charge >= 0.3 is 0 Å². The Kier molecular flexibility index (Phi) is 6.90. The average Bonchev–Trinajstić information content (AvgIpc) is 3.22. The SMILES string of the molecule is Cc1cc(Nc2cc(C)c(C#N)c(NCCOc3ccc(N4CCN(C)CC4)nc3)n2)n[nH]1. The zero-order valence-electron chi connectivity index (χ0n) is 19.2. The molecule has 0 saturated carbocycles. The van der Waals surface area contributed by atoms with Gasteiger partial charge in [0.25, 0.3) is 0 Å². The predicted octanol–water partition coefficient (Wildman–Crippen LogP) is 2.67. The summed E-state index contributed by atoms with van der Waals surface area (Å²) in [5, 5.41) is 23.0. The van der Waals surface area contributed by atoms with Gasteiger partial charge in [0.2, 0.25) is 0 Å². The minimum atomic E-state index is 0.414. The zero-order valence-corrected chi connectivity index (χ0v) is 19.2. The van der Waals surface area contributed by atoms with E-state index in [1.807, 2.05) is 38.1 Å². The van der Waals surface area contributed by atoms with Gasteiger partial charge in [-0.2, -0.15) is 10.4 Å². The van der Waals surface area contributed by atoms with E-state index in [-0.39, 0.29) is 0 Å². The second-order valence-electron chi connectivity index (χ2n) is 8.14. The van der Waals surface area contributed by atoms with Gasteiger partial charge in [0, 0.05) is 37.9 Å². The molecule has 0 atom stereocenters. The van der Waals surface area contributed by atoms with Crippen LogP contribution in [0.15, 0.2) is 30.5 Å². The molecule has 1 fully saturated rings. The number of piperazine rings is 1. The van der Waals surface area contributed by atoms with Crippen LogP contribution in [-0.4, -0.2) is 71.4 Å². The number of nitrogens with one attached hydrogen (secondary N) is 3. The fourth-order valence-electron chi connectivity index (χ4n) is 3.64. The second kappa shape index (κ2) is 10.2. The Morgan fingerprint density at radius 3 is 2.64 bits per heavy atom. The van der Waals surface area contributed by atoms with Gasteiger partial charge in [-0.1, -0.05) is 0 Å². The molecule has 3 aromatic rings. The summed E-state index contributed by atoms with van der Waals surface area (Å²) in [4.78, 5) is 13.7. The molecule has 3 aromatic heterocycles. The van der Waals surface area contributed by atoms with Gasteiger partial charge in [0.15, 0.2) is 5.82 Å². The van der Waals surface area contributed by atoms with Gasteiger partial charge in [-0.25, -0.2) is 9.97 Å². The molecule has 1 saturated heterocycles. The molecule has 0 aliphatic carbocycles. The standard InChI is InChI=1S/C23H29N9O/c1-16-12-20(27-21-13-17(2)29-30-21)28-23(19(16)14-24)25-6-11-33-18-4-5-22(26-15-18)32-9-7-31(3)8-10-32/h4-5,12-13,15H,6-11H2,1-3H3,(H3,25,27,28,29,30). The molecule has 33 heavy (non-hydrogen) atoms. The molecule has 0 spiro atoms. The molecule has 4 heterocycles. The van der Waals surface area contributed by atoms with Crippen LogP contribution in [0.5, 0.6) is 5.75 Å². The molecule has 10 nitrogen and oxygen atoms in total. The van der Waals surface area contributed by atoms with E-state index < -0.39 is 0 Å². The molecule has 0 radical (unpaired) electrons. The number of aromatic amines is 1. The quantitative estimate of drug-likeness (QED) is 0.448. The highest BCUT2D eigenvalue weighted by atomic mass is 16.5. The largest absolute Gasteiger partial charge is 0.490 e. The van der Waals surface area contributed by atoms with Crippen molar-refractivity contribution in [2.24, 2.45) is 0 Å². The summed E-state index contributed by atoms with van der Waals surface area (Å²) >= 11 is 0. The predicted molar refractivity (Wildman–Crippen MR) is 128 cm³/mol. The minimum Gasteiger partial charge on any atom is -0.490 e. The van der Waals surface area contributed by atoms with Crippen LogP contribution in [0.3, 0.4) is 0 Å². The Labute approximate surface area is 193 Å². The number of pyridine rings is 2. The van der Waals surface area contributed by atoms with E-state index in [0.717, 1.165) is 43.3 Å². The van der Waals surface area contributed by atoms with Crippen molar-refractivity contribution in [3.05, 3.63) is 47.3 Å². The highest BCUT2D eigenvalue weighted by Gasteiger charge is 2.15. The van der Waals surface area contributed by atoms with E-state index in [0.29, 0.717) is 41.9 Å². The summed E-state index contributed by atoms with van der Waals surface area (Å²) in [6, 6.07) is 9.89. The number of hydrogen-bond acceptors (Lipinski definition) is 9. The fourth-order valence-corrected chi connectivity index (χ4v) is 3.64. The summed E-state index contributed by atoms with van der Waals surface area (Å²) < 4.78 is 5.83. The van der Waals surface area contributed by atoms with E-state index in [4.69, 9.17) is 4.74 Å². The summed E-state index contributed by atoms with van der Waals surface area (Å²) in [6.07, 6.45) is 1.76. The Morgan fingerprint density at radius 2 is 1.97 bits per heavy atom. The molecular formula is C23H29N9O. The molecule has 0 unspecified atom stereocenters. The van der Waals surface area contributed by atoms with Crippen LogP contribution >= 0.6 is 0 Å². The Bertz CT molecular complexity index is 1110. The van der Waals surface area contributed by atoms with Crippen LogP contribution in [0.25, 0.3) is 0 Å². The molecule has 10 heteroatoms. The smallest absolute Gasteiger partial charge is 0.153 e. The minimum absolute atomic E-state index is 0.414. The lowest BCUT2D eigenvalue weighted by molar-refractivity contribution is 0.311. The Hall–Kier alpha value is -3.84. The lowest BCUT2D eigenvalue weighted by atomic mass is 10.1. The van der Waals surface area contributed by atoms with E-state index in [2.05, 4.69) is 53.7 Å². The lowest BCUT2D eigenvalue weighted by Crippen LogP contribution is -2.44. The van der Waals surface area contributed by atoms with Crippen molar-refractivity contribution < 1.29 is 4.74 Å². The normalized spacial score (nSPS) is 14.1. The summed E-state index contributed by atoms with van der Waals surface area (Å²) in [5.74, 6) is 3.49. The Balaban J connectivity index is 1.32. The molecule has 1 aliphatic rings. The molecule has 1 aliphatic heterocycles. The number of nitriles is 1. The van der Waals surface area contributed by atoms with Crippen LogP contribution in [-0.2, 0) is 0 Å². The van der Waals surface area contributed by atoms with Crippen LogP contribution in [0, 0.1) is 25.2 Å². The van der Waals surface area contributed by atoms with Crippen molar-refractivity contribution in [3.63, 3.8) is 0 Å².